The van der Waals surface area contributed by atoms with Gasteiger partial charge in [0.2, 0.25) is 0 Å². The molecule has 0 atom stereocenters. The topological polar surface area (TPSA) is 41.9 Å². The van der Waals surface area contributed by atoms with Crippen molar-refractivity contribution in [1.82, 2.24) is 15.0 Å². The molecule has 4 rings (SSSR count). The number of rotatable bonds is 1. The molecule has 0 saturated heterocycles. The highest BCUT2D eigenvalue weighted by molar-refractivity contribution is 6.32. The van der Waals surface area contributed by atoms with E-state index >= 15 is 0 Å². The molecule has 112 valence electrons. The maximum Gasteiger partial charge on any atom is 0.140 e. The van der Waals surface area contributed by atoms with Crippen molar-refractivity contribution in [2.24, 2.45) is 0 Å². The van der Waals surface area contributed by atoms with Crippen LogP contribution in [0.1, 0.15) is 17.1 Å². The van der Waals surface area contributed by atoms with Crippen LogP contribution in [0.3, 0.4) is 0 Å². The number of anilines is 1. The first-order valence-corrected chi connectivity index (χ1v) is 7.52. The van der Waals surface area contributed by atoms with E-state index < -0.39 is 0 Å². The predicted octanol–water partition coefficient (Wildman–Crippen LogP) is 1.83. The molecular formula is C17H14BFN4. The van der Waals surface area contributed by atoms with Gasteiger partial charge in [-0.3, -0.25) is 4.98 Å². The molecule has 3 heterocycles. The third kappa shape index (κ3) is 2.54. The summed E-state index contributed by atoms with van der Waals surface area (Å²) in [4.78, 5) is 15.5. The molecule has 1 aromatic carbocycles. The molecule has 0 spiro atoms. The predicted molar refractivity (Wildman–Crippen MR) is 88.6 cm³/mol. The highest BCUT2D eigenvalue weighted by Gasteiger charge is 2.21. The van der Waals surface area contributed by atoms with Crippen LogP contribution in [0, 0.1) is 12.7 Å². The average molecular weight is 304 g/mol. The van der Waals surface area contributed by atoms with E-state index in [0.717, 1.165) is 40.9 Å². The molecule has 2 aromatic heterocycles. The summed E-state index contributed by atoms with van der Waals surface area (Å²) in [6, 6.07) is 6.57. The molecule has 0 N–H and O–H groups in total. The van der Waals surface area contributed by atoms with Crippen LogP contribution < -0.4 is 10.4 Å². The van der Waals surface area contributed by atoms with Gasteiger partial charge in [-0.05, 0) is 30.7 Å². The number of aromatic nitrogens is 3. The zero-order chi connectivity index (χ0) is 16.0. The van der Waals surface area contributed by atoms with Gasteiger partial charge in [0, 0.05) is 36.8 Å². The van der Waals surface area contributed by atoms with Crippen LogP contribution in [0.5, 0.6) is 0 Å². The number of hydrogen-bond acceptors (Lipinski definition) is 4. The number of halogens is 1. The summed E-state index contributed by atoms with van der Waals surface area (Å²) in [7, 11) is 5.84. The minimum atomic E-state index is -0.283. The van der Waals surface area contributed by atoms with Crippen molar-refractivity contribution in [2.75, 3.05) is 11.4 Å². The Labute approximate surface area is 134 Å². The van der Waals surface area contributed by atoms with Gasteiger partial charge in [-0.25, -0.2) is 14.4 Å². The summed E-state index contributed by atoms with van der Waals surface area (Å²) >= 11 is 0. The molecule has 2 radical (unpaired) electrons. The number of hydrogen-bond donors (Lipinski definition) is 0. The first-order chi connectivity index (χ1) is 11.1. The second-order valence-electron chi connectivity index (χ2n) is 5.80. The second kappa shape index (κ2) is 5.30. The van der Waals surface area contributed by atoms with E-state index in [4.69, 9.17) is 7.85 Å². The lowest BCUT2D eigenvalue weighted by molar-refractivity contribution is 0.629. The van der Waals surface area contributed by atoms with Crippen LogP contribution in [0.15, 0.2) is 30.5 Å². The van der Waals surface area contributed by atoms with Crippen LogP contribution in [-0.2, 0) is 13.0 Å². The molecule has 23 heavy (non-hydrogen) atoms. The lowest BCUT2D eigenvalue weighted by Gasteiger charge is -2.30. The van der Waals surface area contributed by atoms with Gasteiger partial charge in [-0.2, -0.15) is 0 Å². The van der Waals surface area contributed by atoms with Crippen LogP contribution in [0.4, 0.5) is 10.2 Å². The minimum Gasteiger partial charge on any atom is -0.351 e. The third-order valence-corrected chi connectivity index (χ3v) is 4.11. The van der Waals surface area contributed by atoms with E-state index in [9.17, 15) is 4.39 Å². The molecule has 0 amide bonds. The van der Waals surface area contributed by atoms with Crippen molar-refractivity contribution in [2.45, 2.75) is 19.9 Å². The lowest BCUT2D eigenvalue weighted by Crippen LogP contribution is -2.33. The Hall–Kier alpha value is -2.50. The van der Waals surface area contributed by atoms with Gasteiger partial charge < -0.3 is 4.90 Å². The van der Waals surface area contributed by atoms with Crippen LogP contribution >= 0.6 is 0 Å². The number of benzene rings is 1. The van der Waals surface area contributed by atoms with Crippen molar-refractivity contribution in [3.05, 3.63) is 53.4 Å². The van der Waals surface area contributed by atoms with Gasteiger partial charge in [0.05, 0.1) is 5.52 Å². The maximum atomic E-state index is 13.7. The molecule has 6 heteroatoms. The molecule has 0 saturated carbocycles. The Balaban J connectivity index is 1.82. The molecule has 0 unspecified atom stereocenters. The number of nitrogens with zero attached hydrogens (tertiary/aromatic N) is 4. The third-order valence-electron chi connectivity index (χ3n) is 4.11. The maximum absolute atomic E-state index is 13.7. The molecule has 1 aliphatic rings. The summed E-state index contributed by atoms with van der Waals surface area (Å²) in [5.41, 5.74) is 3.57. The van der Waals surface area contributed by atoms with Gasteiger partial charge in [0.25, 0.3) is 0 Å². The first-order valence-electron chi connectivity index (χ1n) is 7.52. The highest BCUT2D eigenvalue weighted by atomic mass is 19.1. The zero-order valence-corrected chi connectivity index (χ0v) is 12.8. The smallest absolute Gasteiger partial charge is 0.140 e. The number of fused-ring (bicyclic) bond motifs is 2. The molecule has 1 aliphatic heterocycles. The zero-order valence-electron chi connectivity index (χ0n) is 12.8. The lowest BCUT2D eigenvalue weighted by atomic mass is 9.94. The number of pyridine rings is 1. The summed E-state index contributed by atoms with van der Waals surface area (Å²) < 4.78 is 13.7. The highest BCUT2D eigenvalue weighted by Crippen LogP contribution is 2.28. The fourth-order valence-electron chi connectivity index (χ4n) is 3.06. The standard InChI is InChI=1S/C17H14BFN4/c1-10-21-16-3-2-13(19)7-14(16)17(22-10)23-5-4-15-11(9-23)6-12(18)8-20-15/h2-3,6-8H,4-5,9H2,1H3. The Kier molecular flexibility index (Phi) is 3.25. The Morgan fingerprint density at radius 1 is 1.22 bits per heavy atom. The summed E-state index contributed by atoms with van der Waals surface area (Å²) in [6.45, 7) is 3.30. The van der Waals surface area contributed by atoms with Gasteiger partial charge in [0.15, 0.2) is 0 Å². The van der Waals surface area contributed by atoms with E-state index in [1.807, 2.05) is 13.0 Å². The largest absolute Gasteiger partial charge is 0.351 e. The van der Waals surface area contributed by atoms with E-state index in [-0.39, 0.29) is 5.82 Å². The molecule has 0 bridgehead atoms. The Bertz CT molecular complexity index is 912. The Morgan fingerprint density at radius 2 is 2.09 bits per heavy atom. The van der Waals surface area contributed by atoms with E-state index in [1.54, 1.807) is 12.3 Å². The molecule has 0 aliphatic carbocycles. The Morgan fingerprint density at radius 3 is 2.96 bits per heavy atom. The molecule has 0 fully saturated rings. The van der Waals surface area contributed by atoms with Crippen LogP contribution in [-0.4, -0.2) is 29.3 Å². The quantitative estimate of drug-likeness (QED) is 0.643. The monoisotopic (exact) mass is 304 g/mol. The molecular weight excluding hydrogens is 290 g/mol. The molecule has 4 nitrogen and oxygen atoms in total. The average Bonchev–Trinajstić information content (AvgIpc) is 2.54. The number of aryl methyl sites for hydroxylation is 1. The summed E-state index contributed by atoms with van der Waals surface area (Å²) in [5, 5.41) is 0.732. The molecule has 3 aromatic rings. The van der Waals surface area contributed by atoms with Crippen LogP contribution in [0.2, 0.25) is 0 Å². The van der Waals surface area contributed by atoms with Gasteiger partial charge in [-0.15, -0.1) is 0 Å². The van der Waals surface area contributed by atoms with Crippen molar-refractivity contribution in [1.29, 1.82) is 0 Å². The normalized spacial score (nSPS) is 14.1. The van der Waals surface area contributed by atoms with Gasteiger partial charge in [-0.1, -0.05) is 11.5 Å². The van der Waals surface area contributed by atoms with E-state index in [2.05, 4.69) is 19.9 Å². The van der Waals surface area contributed by atoms with Crippen molar-refractivity contribution >= 4 is 30.0 Å². The van der Waals surface area contributed by atoms with Crippen molar-refractivity contribution in [3.63, 3.8) is 0 Å². The van der Waals surface area contributed by atoms with Crippen molar-refractivity contribution in [3.8, 4) is 0 Å². The second-order valence-corrected chi connectivity index (χ2v) is 5.80. The van der Waals surface area contributed by atoms with E-state index in [1.165, 1.54) is 12.1 Å². The fourth-order valence-corrected chi connectivity index (χ4v) is 3.06. The summed E-state index contributed by atoms with van der Waals surface area (Å²) in [6.07, 6.45) is 2.50. The van der Waals surface area contributed by atoms with Crippen LogP contribution in [0.25, 0.3) is 10.9 Å². The summed E-state index contributed by atoms with van der Waals surface area (Å²) in [5.74, 6) is 1.16. The van der Waals surface area contributed by atoms with Crippen molar-refractivity contribution < 1.29 is 4.39 Å². The van der Waals surface area contributed by atoms with E-state index in [0.29, 0.717) is 17.8 Å². The minimum absolute atomic E-state index is 0.283. The van der Waals surface area contributed by atoms with Gasteiger partial charge in [0.1, 0.15) is 25.3 Å². The SMILES string of the molecule is [B]c1cnc2c(c1)CN(c1nc(C)nc3ccc(F)cc13)CC2. The first kappa shape index (κ1) is 14.1. The fraction of sp³-hybridized carbons (Fsp3) is 0.235. The van der Waals surface area contributed by atoms with Gasteiger partial charge >= 0.3 is 0 Å².